The Morgan fingerprint density at radius 2 is 1.88 bits per heavy atom. The second-order valence-electron chi connectivity index (χ2n) is 5.48. The van der Waals surface area contributed by atoms with Crippen molar-refractivity contribution < 1.29 is 22.6 Å². The van der Waals surface area contributed by atoms with Crippen LogP contribution in [-0.2, 0) is 12.8 Å². The van der Waals surface area contributed by atoms with E-state index in [-0.39, 0.29) is 12.7 Å². The smallest absolute Gasteiger partial charge is 0.416 e. The zero-order chi connectivity index (χ0) is 17.2. The van der Waals surface area contributed by atoms with Crippen molar-refractivity contribution in [2.45, 2.75) is 18.9 Å². The Kier molecular flexibility index (Phi) is 4.87. The lowest BCUT2D eigenvalue weighted by atomic mass is 10.1. The quantitative estimate of drug-likeness (QED) is 0.866. The maximum absolute atomic E-state index is 12.7. The SMILES string of the molecule is FC(F)(F)c1cccc(COc2ccc(Cl)cc2OC2CNC2)c1. The first-order chi connectivity index (χ1) is 11.4. The minimum Gasteiger partial charge on any atom is -0.485 e. The fourth-order valence-electron chi connectivity index (χ4n) is 2.22. The highest BCUT2D eigenvalue weighted by atomic mass is 35.5. The summed E-state index contributed by atoms with van der Waals surface area (Å²) < 4.78 is 49.7. The molecule has 0 spiro atoms. The fraction of sp³-hybridized carbons (Fsp3) is 0.294. The number of hydrogen-bond donors (Lipinski definition) is 1. The molecule has 0 aromatic heterocycles. The first-order valence-electron chi connectivity index (χ1n) is 7.38. The number of rotatable bonds is 5. The lowest BCUT2D eigenvalue weighted by Crippen LogP contribution is -2.50. The molecule has 3 nitrogen and oxygen atoms in total. The third kappa shape index (κ3) is 4.13. The van der Waals surface area contributed by atoms with Crippen molar-refractivity contribution in [3.63, 3.8) is 0 Å². The largest absolute Gasteiger partial charge is 0.485 e. The van der Waals surface area contributed by atoms with E-state index in [0.29, 0.717) is 22.1 Å². The number of benzene rings is 2. The molecule has 0 aliphatic carbocycles. The summed E-state index contributed by atoms with van der Waals surface area (Å²) >= 11 is 5.97. The van der Waals surface area contributed by atoms with Crippen LogP contribution < -0.4 is 14.8 Å². The molecule has 1 saturated heterocycles. The fourth-order valence-corrected chi connectivity index (χ4v) is 2.38. The van der Waals surface area contributed by atoms with Crippen LogP contribution in [0.15, 0.2) is 42.5 Å². The lowest BCUT2D eigenvalue weighted by Gasteiger charge is -2.28. The Morgan fingerprint density at radius 1 is 1.08 bits per heavy atom. The third-order valence-corrected chi connectivity index (χ3v) is 3.83. The van der Waals surface area contributed by atoms with Crippen LogP contribution in [-0.4, -0.2) is 19.2 Å². The van der Waals surface area contributed by atoms with Crippen LogP contribution in [0, 0.1) is 0 Å². The molecular formula is C17H15ClF3NO2. The van der Waals surface area contributed by atoms with Gasteiger partial charge < -0.3 is 14.8 Å². The van der Waals surface area contributed by atoms with Crippen molar-refractivity contribution in [2.24, 2.45) is 0 Å². The summed E-state index contributed by atoms with van der Waals surface area (Å²) in [6, 6.07) is 9.99. The van der Waals surface area contributed by atoms with Gasteiger partial charge in [0.05, 0.1) is 5.56 Å². The molecular weight excluding hydrogens is 343 g/mol. The van der Waals surface area contributed by atoms with Gasteiger partial charge in [0.25, 0.3) is 0 Å². The van der Waals surface area contributed by atoms with E-state index in [0.717, 1.165) is 25.2 Å². The van der Waals surface area contributed by atoms with Gasteiger partial charge in [0.2, 0.25) is 0 Å². The Hall–Kier alpha value is -1.92. The van der Waals surface area contributed by atoms with Crippen molar-refractivity contribution in [2.75, 3.05) is 13.1 Å². The summed E-state index contributed by atoms with van der Waals surface area (Å²) in [6.45, 7) is 1.48. The van der Waals surface area contributed by atoms with Gasteiger partial charge in [0.1, 0.15) is 12.7 Å². The molecule has 3 rings (SSSR count). The second kappa shape index (κ2) is 6.91. The van der Waals surface area contributed by atoms with Crippen LogP contribution in [0.1, 0.15) is 11.1 Å². The topological polar surface area (TPSA) is 30.5 Å². The van der Waals surface area contributed by atoms with Crippen molar-refractivity contribution >= 4 is 11.6 Å². The van der Waals surface area contributed by atoms with E-state index in [2.05, 4.69) is 5.32 Å². The number of nitrogens with one attached hydrogen (secondary N) is 1. The summed E-state index contributed by atoms with van der Waals surface area (Å²) in [4.78, 5) is 0. The number of alkyl halides is 3. The van der Waals surface area contributed by atoms with Gasteiger partial charge in [-0.2, -0.15) is 13.2 Å². The van der Waals surface area contributed by atoms with Crippen LogP contribution in [0.2, 0.25) is 5.02 Å². The highest BCUT2D eigenvalue weighted by Crippen LogP contribution is 2.33. The molecule has 2 aromatic carbocycles. The molecule has 1 heterocycles. The second-order valence-corrected chi connectivity index (χ2v) is 5.91. The predicted octanol–water partition coefficient (Wildman–Crippen LogP) is 4.29. The van der Waals surface area contributed by atoms with E-state index in [4.69, 9.17) is 21.1 Å². The van der Waals surface area contributed by atoms with Gasteiger partial charge in [-0.05, 0) is 29.8 Å². The van der Waals surface area contributed by atoms with Crippen molar-refractivity contribution in [3.05, 3.63) is 58.6 Å². The van der Waals surface area contributed by atoms with E-state index >= 15 is 0 Å². The van der Waals surface area contributed by atoms with Crippen molar-refractivity contribution in [1.82, 2.24) is 5.32 Å². The highest BCUT2D eigenvalue weighted by Gasteiger charge is 2.30. The van der Waals surface area contributed by atoms with Gasteiger partial charge in [-0.15, -0.1) is 0 Å². The third-order valence-electron chi connectivity index (χ3n) is 3.59. The van der Waals surface area contributed by atoms with Crippen LogP contribution >= 0.6 is 11.6 Å². The Labute approximate surface area is 142 Å². The van der Waals surface area contributed by atoms with E-state index in [1.807, 2.05) is 0 Å². The summed E-state index contributed by atoms with van der Waals surface area (Å²) in [5.74, 6) is 0.935. The molecule has 0 saturated carbocycles. The van der Waals surface area contributed by atoms with Gasteiger partial charge in [-0.25, -0.2) is 0 Å². The average Bonchev–Trinajstić information content (AvgIpc) is 2.49. The van der Waals surface area contributed by atoms with E-state index in [1.54, 1.807) is 24.3 Å². The first kappa shape index (κ1) is 16.9. The normalized spacial score (nSPS) is 15.0. The molecule has 0 unspecified atom stereocenters. The van der Waals surface area contributed by atoms with Crippen LogP contribution in [0.25, 0.3) is 0 Å². The number of hydrogen-bond acceptors (Lipinski definition) is 3. The number of halogens is 4. The summed E-state index contributed by atoms with van der Waals surface area (Å²) in [7, 11) is 0. The molecule has 0 amide bonds. The highest BCUT2D eigenvalue weighted by molar-refractivity contribution is 6.30. The van der Waals surface area contributed by atoms with Gasteiger partial charge in [0, 0.05) is 24.2 Å². The summed E-state index contributed by atoms with van der Waals surface area (Å²) in [6.07, 6.45) is -4.33. The standard InChI is InChI=1S/C17H15ClF3NO2/c18-13-4-5-15(16(7-13)24-14-8-22-9-14)23-10-11-2-1-3-12(6-11)17(19,20)21/h1-7,14,22H,8-10H2. The Bertz CT molecular complexity index is 717. The van der Waals surface area contributed by atoms with Crippen LogP contribution in [0.4, 0.5) is 13.2 Å². The maximum Gasteiger partial charge on any atom is 0.416 e. The van der Waals surface area contributed by atoms with Crippen LogP contribution in [0.5, 0.6) is 11.5 Å². The number of ether oxygens (including phenoxy) is 2. The molecule has 128 valence electrons. The Morgan fingerprint density at radius 3 is 2.54 bits per heavy atom. The van der Waals surface area contributed by atoms with E-state index < -0.39 is 11.7 Å². The molecule has 7 heteroatoms. The van der Waals surface area contributed by atoms with E-state index in [9.17, 15) is 13.2 Å². The van der Waals surface area contributed by atoms with Gasteiger partial charge >= 0.3 is 6.18 Å². The molecule has 0 bridgehead atoms. The summed E-state index contributed by atoms with van der Waals surface area (Å²) in [5, 5.41) is 3.59. The minimum atomic E-state index is -4.37. The zero-order valence-corrected chi connectivity index (χ0v) is 13.3. The molecule has 24 heavy (non-hydrogen) atoms. The lowest BCUT2D eigenvalue weighted by molar-refractivity contribution is -0.137. The van der Waals surface area contributed by atoms with Crippen LogP contribution in [0.3, 0.4) is 0 Å². The average molecular weight is 358 g/mol. The monoisotopic (exact) mass is 357 g/mol. The minimum absolute atomic E-state index is 0.00479. The molecule has 1 aliphatic rings. The predicted molar refractivity (Wildman–Crippen MR) is 84.5 cm³/mol. The van der Waals surface area contributed by atoms with Crippen molar-refractivity contribution in [1.29, 1.82) is 0 Å². The zero-order valence-electron chi connectivity index (χ0n) is 12.6. The molecule has 1 fully saturated rings. The van der Waals surface area contributed by atoms with Gasteiger partial charge in [-0.1, -0.05) is 23.7 Å². The molecule has 2 aromatic rings. The first-order valence-corrected chi connectivity index (χ1v) is 7.75. The van der Waals surface area contributed by atoms with E-state index in [1.165, 1.54) is 6.07 Å². The van der Waals surface area contributed by atoms with Gasteiger partial charge in [0.15, 0.2) is 11.5 Å². The molecule has 1 N–H and O–H groups in total. The summed E-state index contributed by atoms with van der Waals surface area (Å²) in [5.41, 5.74) is -0.271. The van der Waals surface area contributed by atoms with Crippen molar-refractivity contribution in [3.8, 4) is 11.5 Å². The van der Waals surface area contributed by atoms with Gasteiger partial charge in [-0.3, -0.25) is 0 Å². The molecule has 1 aliphatic heterocycles. The molecule has 0 atom stereocenters. The Balaban J connectivity index is 1.72. The molecule has 0 radical (unpaired) electrons. The maximum atomic E-state index is 12.7.